The second kappa shape index (κ2) is 3.61. The van der Waals surface area contributed by atoms with E-state index in [2.05, 4.69) is 5.10 Å². The maximum Gasteiger partial charge on any atom is 0.435 e. The van der Waals surface area contributed by atoms with Gasteiger partial charge in [-0.15, -0.1) is 0 Å². The number of aromatic carboxylic acids is 1. The van der Waals surface area contributed by atoms with Crippen molar-refractivity contribution in [3.05, 3.63) is 17.5 Å². The molecule has 0 bridgehead atoms. The van der Waals surface area contributed by atoms with Crippen molar-refractivity contribution in [2.45, 2.75) is 12.7 Å². The number of nitriles is 1. The van der Waals surface area contributed by atoms with Crippen LogP contribution in [-0.4, -0.2) is 20.9 Å². The summed E-state index contributed by atoms with van der Waals surface area (Å²) in [7, 11) is 0. The highest BCUT2D eigenvalue weighted by Gasteiger charge is 2.35. The van der Waals surface area contributed by atoms with E-state index < -0.39 is 30.1 Å². The van der Waals surface area contributed by atoms with Gasteiger partial charge in [0.2, 0.25) is 0 Å². The third-order valence-corrected chi connectivity index (χ3v) is 1.51. The van der Waals surface area contributed by atoms with E-state index in [1.165, 1.54) is 6.07 Å². The standard InChI is InChI=1S/C7H4F3N3O2/c8-7(9,10)5-3-4(6(14)15)13(12-5)2-1-11/h3H,2H2,(H,14,15). The summed E-state index contributed by atoms with van der Waals surface area (Å²) < 4.78 is 36.9. The van der Waals surface area contributed by atoms with Crippen LogP contribution < -0.4 is 0 Å². The lowest BCUT2D eigenvalue weighted by molar-refractivity contribution is -0.141. The van der Waals surface area contributed by atoms with E-state index in [0.717, 1.165) is 0 Å². The molecule has 80 valence electrons. The van der Waals surface area contributed by atoms with E-state index in [4.69, 9.17) is 10.4 Å². The van der Waals surface area contributed by atoms with Gasteiger partial charge in [0, 0.05) is 6.07 Å². The molecule has 0 saturated heterocycles. The molecule has 0 aliphatic carbocycles. The van der Waals surface area contributed by atoms with Crippen molar-refractivity contribution in [1.82, 2.24) is 9.78 Å². The maximum atomic E-state index is 12.1. The third kappa shape index (κ3) is 2.25. The second-order valence-corrected chi connectivity index (χ2v) is 2.53. The van der Waals surface area contributed by atoms with Gasteiger partial charge in [0.15, 0.2) is 5.69 Å². The first-order chi connectivity index (χ1) is 6.86. The number of halogens is 3. The highest BCUT2D eigenvalue weighted by atomic mass is 19.4. The first kappa shape index (κ1) is 11.0. The summed E-state index contributed by atoms with van der Waals surface area (Å²) in [5, 5.41) is 19.8. The number of alkyl halides is 3. The first-order valence-electron chi connectivity index (χ1n) is 3.61. The Balaban J connectivity index is 3.22. The molecule has 1 heterocycles. The molecule has 0 aliphatic rings. The number of carboxylic acids is 1. The van der Waals surface area contributed by atoms with Crippen LogP contribution in [0.15, 0.2) is 6.07 Å². The minimum Gasteiger partial charge on any atom is -0.477 e. The number of rotatable bonds is 2. The summed E-state index contributed by atoms with van der Waals surface area (Å²) in [5.74, 6) is -1.56. The van der Waals surface area contributed by atoms with Crippen molar-refractivity contribution in [2.75, 3.05) is 0 Å². The third-order valence-electron chi connectivity index (χ3n) is 1.51. The Morgan fingerprint density at radius 1 is 1.67 bits per heavy atom. The summed E-state index contributed by atoms with van der Waals surface area (Å²) in [6, 6.07) is 1.90. The topological polar surface area (TPSA) is 78.9 Å². The summed E-state index contributed by atoms with van der Waals surface area (Å²) in [5.41, 5.74) is -1.99. The van der Waals surface area contributed by atoms with Crippen molar-refractivity contribution in [3.63, 3.8) is 0 Å². The summed E-state index contributed by atoms with van der Waals surface area (Å²) >= 11 is 0. The molecule has 1 N–H and O–H groups in total. The first-order valence-corrected chi connectivity index (χ1v) is 3.61. The van der Waals surface area contributed by atoms with Crippen LogP contribution in [0.5, 0.6) is 0 Å². The van der Waals surface area contributed by atoms with E-state index in [1.807, 2.05) is 0 Å². The Kier molecular flexibility index (Phi) is 2.65. The lowest BCUT2D eigenvalue weighted by Crippen LogP contribution is -2.10. The molecule has 0 atom stereocenters. The summed E-state index contributed by atoms with van der Waals surface area (Å²) in [6.07, 6.45) is -4.72. The number of hydrogen-bond acceptors (Lipinski definition) is 3. The van der Waals surface area contributed by atoms with Gasteiger partial charge in [-0.05, 0) is 0 Å². The highest BCUT2D eigenvalue weighted by molar-refractivity contribution is 5.85. The lowest BCUT2D eigenvalue weighted by Gasteiger charge is -1.99. The molecule has 0 saturated carbocycles. The predicted molar refractivity (Wildman–Crippen MR) is 39.8 cm³/mol. The van der Waals surface area contributed by atoms with Crippen LogP contribution in [-0.2, 0) is 12.7 Å². The number of aromatic nitrogens is 2. The van der Waals surface area contributed by atoms with Gasteiger partial charge in [-0.2, -0.15) is 23.5 Å². The van der Waals surface area contributed by atoms with Gasteiger partial charge in [-0.1, -0.05) is 0 Å². The van der Waals surface area contributed by atoms with Gasteiger partial charge < -0.3 is 5.11 Å². The zero-order valence-electron chi connectivity index (χ0n) is 7.12. The second-order valence-electron chi connectivity index (χ2n) is 2.53. The fraction of sp³-hybridized carbons (Fsp3) is 0.286. The molecule has 1 rings (SSSR count). The average Bonchev–Trinajstić information content (AvgIpc) is 2.48. The molecule has 0 aromatic carbocycles. The molecule has 5 nitrogen and oxygen atoms in total. The van der Waals surface area contributed by atoms with Crippen LogP contribution in [0.25, 0.3) is 0 Å². The van der Waals surface area contributed by atoms with E-state index in [9.17, 15) is 18.0 Å². The monoisotopic (exact) mass is 219 g/mol. The van der Waals surface area contributed by atoms with Crippen molar-refractivity contribution in [2.24, 2.45) is 0 Å². The number of carboxylic acid groups (broad SMARTS) is 1. The molecular weight excluding hydrogens is 215 g/mol. The lowest BCUT2D eigenvalue weighted by atomic mass is 10.3. The molecule has 0 unspecified atom stereocenters. The quantitative estimate of drug-likeness (QED) is 0.808. The maximum absolute atomic E-state index is 12.1. The van der Waals surface area contributed by atoms with Gasteiger partial charge in [0.1, 0.15) is 12.2 Å². The number of nitrogens with zero attached hydrogens (tertiary/aromatic N) is 3. The Bertz CT molecular complexity index is 430. The van der Waals surface area contributed by atoms with Gasteiger partial charge in [-0.3, -0.25) is 0 Å². The molecule has 0 fully saturated rings. The predicted octanol–water partition coefficient (Wildman–Crippen LogP) is 1.12. The average molecular weight is 219 g/mol. The summed E-state index contributed by atoms with van der Waals surface area (Å²) in [4.78, 5) is 10.5. The van der Waals surface area contributed by atoms with Crippen LogP contribution in [0.3, 0.4) is 0 Å². The Labute approximate surface area is 81.3 Å². The van der Waals surface area contributed by atoms with E-state index in [1.54, 1.807) is 0 Å². The van der Waals surface area contributed by atoms with Crippen molar-refractivity contribution >= 4 is 5.97 Å². The van der Waals surface area contributed by atoms with E-state index >= 15 is 0 Å². The molecule has 8 heteroatoms. The van der Waals surface area contributed by atoms with Gasteiger partial charge in [0.25, 0.3) is 0 Å². The minimum atomic E-state index is -4.72. The van der Waals surface area contributed by atoms with Gasteiger partial charge in [0.05, 0.1) is 6.07 Å². The van der Waals surface area contributed by atoms with Crippen LogP contribution in [0.4, 0.5) is 13.2 Å². The number of carbonyl (C=O) groups is 1. The van der Waals surface area contributed by atoms with Crippen molar-refractivity contribution < 1.29 is 23.1 Å². The molecule has 0 radical (unpaired) electrons. The van der Waals surface area contributed by atoms with Crippen LogP contribution in [0.1, 0.15) is 16.2 Å². The molecule has 0 spiro atoms. The van der Waals surface area contributed by atoms with Gasteiger partial charge in [-0.25, -0.2) is 9.48 Å². The van der Waals surface area contributed by atoms with Crippen molar-refractivity contribution in [3.8, 4) is 6.07 Å². The van der Waals surface area contributed by atoms with Gasteiger partial charge >= 0.3 is 12.1 Å². The van der Waals surface area contributed by atoms with Crippen LogP contribution in [0, 0.1) is 11.3 Å². The Hall–Kier alpha value is -2.04. The molecule has 0 amide bonds. The normalized spacial score (nSPS) is 11.1. The molecule has 0 aliphatic heterocycles. The van der Waals surface area contributed by atoms with Crippen molar-refractivity contribution in [1.29, 1.82) is 5.26 Å². The molecule has 1 aromatic heterocycles. The Morgan fingerprint density at radius 2 is 2.27 bits per heavy atom. The highest BCUT2D eigenvalue weighted by Crippen LogP contribution is 2.28. The minimum absolute atomic E-state index is 0.389. The SMILES string of the molecule is N#CCn1nc(C(F)(F)F)cc1C(=O)O. The fourth-order valence-corrected chi connectivity index (χ4v) is 0.915. The molecular formula is C7H4F3N3O2. The van der Waals surface area contributed by atoms with Crippen LogP contribution in [0.2, 0.25) is 0 Å². The largest absolute Gasteiger partial charge is 0.477 e. The zero-order valence-corrected chi connectivity index (χ0v) is 7.12. The molecule has 15 heavy (non-hydrogen) atoms. The van der Waals surface area contributed by atoms with Crippen LogP contribution >= 0.6 is 0 Å². The van der Waals surface area contributed by atoms with E-state index in [0.29, 0.717) is 10.7 Å². The number of hydrogen-bond donors (Lipinski definition) is 1. The summed E-state index contributed by atoms with van der Waals surface area (Å²) in [6.45, 7) is -0.544. The van der Waals surface area contributed by atoms with E-state index in [-0.39, 0.29) is 0 Å². The smallest absolute Gasteiger partial charge is 0.435 e. The zero-order chi connectivity index (χ0) is 11.6. The Morgan fingerprint density at radius 3 is 2.67 bits per heavy atom. The molecule has 1 aromatic rings. The fourth-order valence-electron chi connectivity index (χ4n) is 0.915.